The normalized spacial score (nSPS) is 11.7. The highest BCUT2D eigenvalue weighted by molar-refractivity contribution is 7.93. The Hall–Kier alpha value is -2.41. The summed E-state index contributed by atoms with van der Waals surface area (Å²) in [5, 5.41) is 0.455. The van der Waals surface area contributed by atoms with Crippen molar-refractivity contribution in [3.63, 3.8) is 0 Å². The number of halogens is 1. The van der Waals surface area contributed by atoms with Gasteiger partial charge < -0.3 is 4.98 Å². The number of sulfonamides is 1. The van der Waals surface area contributed by atoms with Gasteiger partial charge >= 0.3 is 0 Å². The minimum atomic E-state index is -3.88. The van der Waals surface area contributed by atoms with Gasteiger partial charge in [0.1, 0.15) is 16.4 Å². The summed E-state index contributed by atoms with van der Waals surface area (Å²) >= 11 is 0. The largest absolute Gasteiger partial charge is 0.345 e. The van der Waals surface area contributed by atoms with Gasteiger partial charge in [0.2, 0.25) is 0 Å². The number of nitrogens with one attached hydrogen (secondary N) is 2. The van der Waals surface area contributed by atoms with Gasteiger partial charge in [0, 0.05) is 17.8 Å². The van der Waals surface area contributed by atoms with E-state index in [0.717, 1.165) is 0 Å². The third-order valence-electron chi connectivity index (χ3n) is 2.82. The highest BCUT2D eigenvalue weighted by Crippen LogP contribution is 2.24. The molecule has 2 heterocycles. The Labute approximate surface area is 114 Å². The average molecular weight is 291 g/mol. The maximum absolute atomic E-state index is 13.5. The Morgan fingerprint density at radius 3 is 2.75 bits per heavy atom. The van der Waals surface area contributed by atoms with E-state index >= 15 is 0 Å². The van der Waals surface area contributed by atoms with Crippen molar-refractivity contribution >= 4 is 26.7 Å². The predicted octanol–water partition coefficient (Wildman–Crippen LogP) is 2.50. The second-order valence-electron chi connectivity index (χ2n) is 4.14. The van der Waals surface area contributed by atoms with E-state index in [9.17, 15) is 12.8 Å². The van der Waals surface area contributed by atoms with Crippen molar-refractivity contribution in [3.8, 4) is 0 Å². The van der Waals surface area contributed by atoms with E-state index in [0.29, 0.717) is 11.0 Å². The number of pyridine rings is 1. The Kier molecular flexibility index (Phi) is 2.90. The van der Waals surface area contributed by atoms with Crippen LogP contribution < -0.4 is 4.72 Å². The fourth-order valence-corrected chi connectivity index (χ4v) is 3.13. The molecule has 0 radical (unpaired) electrons. The Morgan fingerprint density at radius 1 is 1.15 bits per heavy atom. The summed E-state index contributed by atoms with van der Waals surface area (Å²) in [4.78, 5) is 6.82. The molecule has 0 bridgehead atoms. The van der Waals surface area contributed by atoms with Crippen molar-refractivity contribution in [2.24, 2.45) is 0 Å². The lowest BCUT2D eigenvalue weighted by Crippen LogP contribution is -2.13. The number of fused-ring (bicyclic) bond motifs is 1. The lowest BCUT2D eigenvalue weighted by molar-refractivity contribution is 0.599. The molecular weight excluding hydrogens is 281 g/mol. The van der Waals surface area contributed by atoms with Gasteiger partial charge in [-0.15, -0.1) is 0 Å². The van der Waals surface area contributed by atoms with Crippen molar-refractivity contribution in [1.82, 2.24) is 9.97 Å². The standard InChI is InChI=1S/C13H10FN3O2S/c14-10-5-1-2-6-11(10)17-20(18,19)12-8-16-13-9(12)4-3-7-15-13/h1-8,17H,(H,15,16). The van der Waals surface area contributed by atoms with Crippen LogP contribution in [0.2, 0.25) is 0 Å². The molecule has 1 aromatic carbocycles. The molecule has 3 aromatic rings. The molecule has 2 aromatic heterocycles. The predicted molar refractivity (Wildman–Crippen MR) is 73.3 cm³/mol. The molecule has 20 heavy (non-hydrogen) atoms. The van der Waals surface area contributed by atoms with E-state index < -0.39 is 15.8 Å². The summed E-state index contributed by atoms with van der Waals surface area (Å²) < 4.78 is 40.4. The Bertz CT molecular complexity index is 874. The third kappa shape index (κ3) is 2.12. The lowest BCUT2D eigenvalue weighted by atomic mass is 10.3. The number of aromatic amines is 1. The number of rotatable bonds is 3. The average Bonchev–Trinajstić information content (AvgIpc) is 2.86. The zero-order valence-electron chi connectivity index (χ0n) is 10.2. The van der Waals surface area contributed by atoms with E-state index in [2.05, 4.69) is 14.7 Å². The number of hydrogen-bond acceptors (Lipinski definition) is 3. The van der Waals surface area contributed by atoms with Crippen LogP contribution in [0.3, 0.4) is 0 Å². The van der Waals surface area contributed by atoms with Crippen LogP contribution in [-0.2, 0) is 10.0 Å². The summed E-state index contributed by atoms with van der Waals surface area (Å²) in [6, 6.07) is 8.86. The maximum Gasteiger partial charge on any atom is 0.264 e. The molecule has 0 atom stereocenters. The monoisotopic (exact) mass is 291 g/mol. The van der Waals surface area contributed by atoms with Gasteiger partial charge in [-0.1, -0.05) is 12.1 Å². The molecule has 0 saturated carbocycles. The third-order valence-corrected chi connectivity index (χ3v) is 4.23. The number of para-hydroxylation sites is 1. The first-order chi connectivity index (χ1) is 9.58. The molecule has 0 fully saturated rings. The van der Waals surface area contributed by atoms with Crippen molar-refractivity contribution in [3.05, 3.63) is 54.6 Å². The second kappa shape index (κ2) is 4.61. The Balaban J connectivity index is 2.07. The molecule has 0 saturated heterocycles. The molecule has 2 N–H and O–H groups in total. The minimum Gasteiger partial charge on any atom is -0.345 e. The zero-order chi connectivity index (χ0) is 14.2. The van der Waals surface area contributed by atoms with Crippen LogP contribution in [-0.4, -0.2) is 18.4 Å². The second-order valence-corrected chi connectivity index (χ2v) is 5.79. The van der Waals surface area contributed by atoms with E-state index in [1.54, 1.807) is 24.4 Å². The van der Waals surface area contributed by atoms with Crippen LogP contribution in [0.5, 0.6) is 0 Å². The maximum atomic E-state index is 13.5. The first-order valence-corrected chi connectivity index (χ1v) is 7.26. The summed E-state index contributed by atoms with van der Waals surface area (Å²) in [7, 11) is -3.88. The number of benzene rings is 1. The highest BCUT2D eigenvalue weighted by atomic mass is 32.2. The van der Waals surface area contributed by atoms with Crippen LogP contribution in [0, 0.1) is 5.82 Å². The summed E-state index contributed by atoms with van der Waals surface area (Å²) in [5.74, 6) is -0.631. The zero-order valence-corrected chi connectivity index (χ0v) is 11.0. The summed E-state index contributed by atoms with van der Waals surface area (Å²) in [6.07, 6.45) is 2.89. The SMILES string of the molecule is O=S(=O)(Nc1ccccc1F)c1c[nH]c2ncccc12. The van der Waals surface area contributed by atoms with Gasteiger partial charge in [0.05, 0.1) is 5.69 Å². The van der Waals surface area contributed by atoms with Gasteiger partial charge in [-0.2, -0.15) is 0 Å². The molecular formula is C13H10FN3O2S. The van der Waals surface area contributed by atoms with Crippen LogP contribution in [0.15, 0.2) is 53.7 Å². The number of anilines is 1. The molecule has 0 unspecified atom stereocenters. The van der Waals surface area contributed by atoms with Gasteiger partial charge in [0.15, 0.2) is 0 Å². The summed E-state index contributed by atoms with van der Waals surface area (Å²) in [6.45, 7) is 0. The van der Waals surface area contributed by atoms with E-state index in [1.807, 2.05) is 0 Å². The number of H-pyrrole nitrogens is 1. The van der Waals surface area contributed by atoms with E-state index in [1.165, 1.54) is 24.4 Å². The van der Waals surface area contributed by atoms with Crippen molar-refractivity contribution in [2.75, 3.05) is 4.72 Å². The lowest BCUT2D eigenvalue weighted by Gasteiger charge is -2.07. The quantitative estimate of drug-likeness (QED) is 0.778. The molecule has 7 heteroatoms. The van der Waals surface area contributed by atoms with Crippen molar-refractivity contribution < 1.29 is 12.8 Å². The van der Waals surface area contributed by atoms with E-state index in [-0.39, 0.29) is 10.6 Å². The van der Waals surface area contributed by atoms with Crippen LogP contribution >= 0.6 is 0 Å². The first-order valence-electron chi connectivity index (χ1n) is 5.77. The fourth-order valence-electron chi connectivity index (χ4n) is 1.90. The van der Waals surface area contributed by atoms with Crippen molar-refractivity contribution in [2.45, 2.75) is 4.90 Å². The van der Waals surface area contributed by atoms with Gasteiger partial charge in [-0.25, -0.2) is 17.8 Å². The van der Waals surface area contributed by atoms with Gasteiger partial charge in [-0.05, 0) is 24.3 Å². The number of aromatic nitrogens is 2. The summed E-state index contributed by atoms with van der Waals surface area (Å²) in [5.41, 5.74) is 0.368. The minimum absolute atomic E-state index is 0.0313. The molecule has 3 rings (SSSR count). The van der Waals surface area contributed by atoms with Crippen LogP contribution in [0.25, 0.3) is 11.0 Å². The molecule has 5 nitrogen and oxygen atoms in total. The van der Waals surface area contributed by atoms with Crippen molar-refractivity contribution in [1.29, 1.82) is 0 Å². The highest BCUT2D eigenvalue weighted by Gasteiger charge is 2.20. The molecule has 0 amide bonds. The van der Waals surface area contributed by atoms with Crippen LogP contribution in [0.4, 0.5) is 10.1 Å². The molecule has 0 aliphatic heterocycles. The first kappa shape index (κ1) is 12.6. The van der Waals surface area contributed by atoms with Gasteiger partial charge in [0.25, 0.3) is 10.0 Å². The number of nitrogens with zero attached hydrogens (tertiary/aromatic N) is 1. The number of hydrogen-bond donors (Lipinski definition) is 2. The van der Waals surface area contributed by atoms with Crippen LogP contribution in [0.1, 0.15) is 0 Å². The molecule has 0 aliphatic carbocycles. The van der Waals surface area contributed by atoms with E-state index in [4.69, 9.17) is 0 Å². The Morgan fingerprint density at radius 2 is 1.95 bits per heavy atom. The fraction of sp³-hybridized carbons (Fsp3) is 0. The molecule has 0 aliphatic rings. The topological polar surface area (TPSA) is 74.8 Å². The van der Waals surface area contributed by atoms with Gasteiger partial charge in [-0.3, -0.25) is 4.72 Å². The molecule has 102 valence electrons. The molecule has 0 spiro atoms. The smallest absolute Gasteiger partial charge is 0.264 e.